The van der Waals surface area contributed by atoms with Crippen LogP contribution >= 0.6 is 0 Å². The van der Waals surface area contributed by atoms with Gasteiger partial charge in [-0.25, -0.2) is 0 Å². The number of carbonyl (C=O) groups excluding carboxylic acids is 2. The van der Waals surface area contributed by atoms with Crippen molar-refractivity contribution < 1.29 is 24.2 Å². The Morgan fingerprint density at radius 3 is 2.33 bits per heavy atom. The zero-order valence-corrected chi connectivity index (χ0v) is 32.5. The molecule has 1 heterocycles. The van der Waals surface area contributed by atoms with E-state index in [0.717, 1.165) is 58.2 Å². The first-order valence-corrected chi connectivity index (χ1v) is 20.0. The van der Waals surface area contributed by atoms with Gasteiger partial charge in [-0.2, -0.15) is 0 Å². The fourth-order valence-corrected chi connectivity index (χ4v) is 13.3. The van der Waals surface area contributed by atoms with Crippen LogP contribution in [0.3, 0.4) is 0 Å². The molecule has 0 spiro atoms. The van der Waals surface area contributed by atoms with Crippen molar-refractivity contribution in [3.63, 3.8) is 0 Å². The third-order valence-electron chi connectivity index (χ3n) is 15.8. The lowest BCUT2D eigenvalue weighted by molar-refractivity contribution is -0.214. The fraction of sp³-hybridized carbons (Fsp3) is 0.881. The Morgan fingerprint density at radius 1 is 0.918 bits per heavy atom. The topological polar surface area (TPSA) is 87.2 Å². The summed E-state index contributed by atoms with van der Waals surface area (Å²) in [6.45, 7) is 23.3. The van der Waals surface area contributed by atoms with Gasteiger partial charge in [0.1, 0.15) is 6.10 Å². The molecule has 1 saturated heterocycles. The maximum absolute atomic E-state index is 14.0. The predicted molar refractivity (Wildman–Crippen MR) is 194 cm³/mol. The van der Waals surface area contributed by atoms with Gasteiger partial charge in [0.05, 0.1) is 11.8 Å². The van der Waals surface area contributed by atoms with E-state index in [1.165, 1.54) is 50.8 Å². The fourth-order valence-electron chi connectivity index (χ4n) is 13.3. The second-order valence-electron chi connectivity index (χ2n) is 19.8. The summed E-state index contributed by atoms with van der Waals surface area (Å²) in [4.78, 5) is 43.9. The summed E-state index contributed by atoms with van der Waals surface area (Å²) in [7, 11) is 2.24. The third kappa shape index (κ3) is 6.27. The van der Waals surface area contributed by atoms with Crippen molar-refractivity contribution in [3.05, 3.63) is 11.1 Å². The molecule has 0 aromatic rings. The van der Waals surface area contributed by atoms with Gasteiger partial charge in [0.2, 0.25) is 0 Å². The van der Waals surface area contributed by atoms with Crippen LogP contribution in [0.2, 0.25) is 0 Å². The number of ether oxygens (including phenoxy) is 1. The van der Waals surface area contributed by atoms with Crippen LogP contribution in [0.4, 0.5) is 0 Å². The number of carboxylic acid groups (broad SMARTS) is 1. The van der Waals surface area contributed by atoms with E-state index in [9.17, 15) is 19.5 Å². The summed E-state index contributed by atoms with van der Waals surface area (Å²) in [5.41, 5.74) is 1.97. The molecule has 276 valence electrons. The molecule has 8 atom stereocenters. The lowest BCUT2D eigenvalue weighted by Gasteiger charge is -2.69. The molecule has 49 heavy (non-hydrogen) atoms. The molecule has 0 bridgehead atoms. The van der Waals surface area contributed by atoms with Crippen molar-refractivity contribution in [2.75, 3.05) is 39.8 Å². The number of carbonyl (C=O) groups is 3. The van der Waals surface area contributed by atoms with Crippen LogP contribution in [0.15, 0.2) is 11.1 Å². The summed E-state index contributed by atoms with van der Waals surface area (Å²) in [6.07, 6.45) is 11.9. The number of carboxylic acids is 1. The van der Waals surface area contributed by atoms with Crippen molar-refractivity contribution in [1.29, 1.82) is 0 Å². The van der Waals surface area contributed by atoms with Crippen LogP contribution in [0.25, 0.3) is 0 Å². The number of nitrogens with zero attached hydrogens (tertiary/aromatic N) is 2. The molecular weight excluding hydrogens is 612 g/mol. The van der Waals surface area contributed by atoms with E-state index in [0.29, 0.717) is 29.5 Å². The molecule has 1 N–H and O–H groups in total. The van der Waals surface area contributed by atoms with Gasteiger partial charge in [0.25, 0.3) is 0 Å². The normalized spacial score (nSPS) is 39.9. The van der Waals surface area contributed by atoms with E-state index < -0.39 is 11.4 Å². The summed E-state index contributed by atoms with van der Waals surface area (Å²) in [5, 5.41) is 9.59. The van der Waals surface area contributed by atoms with Crippen molar-refractivity contribution in [2.45, 2.75) is 139 Å². The third-order valence-corrected chi connectivity index (χ3v) is 15.8. The highest BCUT2D eigenvalue weighted by Crippen LogP contribution is 2.73. The Balaban J connectivity index is 1.23. The number of likely N-dealkylation sites (N-methyl/N-ethyl adjacent to an activating group) is 1. The molecule has 8 unspecified atom stereocenters. The minimum Gasteiger partial charge on any atom is -0.481 e. The summed E-state index contributed by atoms with van der Waals surface area (Å²) < 4.78 is 6.17. The summed E-state index contributed by atoms with van der Waals surface area (Å²) in [6, 6.07) is 0. The van der Waals surface area contributed by atoms with E-state index in [2.05, 4.69) is 58.4 Å². The van der Waals surface area contributed by atoms with E-state index in [4.69, 9.17) is 4.74 Å². The molecule has 7 heteroatoms. The summed E-state index contributed by atoms with van der Waals surface area (Å²) in [5.74, 6) is 1.59. The number of ketones is 1. The van der Waals surface area contributed by atoms with Crippen LogP contribution in [0.1, 0.15) is 132 Å². The van der Waals surface area contributed by atoms with Crippen molar-refractivity contribution in [1.82, 2.24) is 9.80 Å². The van der Waals surface area contributed by atoms with Gasteiger partial charge < -0.3 is 19.6 Å². The Bertz CT molecular complexity index is 1350. The van der Waals surface area contributed by atoms with Gasteiger partial charge in [-0.1, -0.05) is 47.1 Å². The largest absolute Gasteiger partial charge is 0.481 e. The smallest absolute Gasteiger partial charge is 0.309 e. The number of hydrogen-bond acceptors (Lipinski definition) is 6. The van der Waals surface area contributed by atoms with E-state index in [1.54, 1.807) is 19.4 Å². The number of Topliss-reactive ketones (excluding diaryl/α,β-unsaturated/α-hetero) is 1. The number of allylic oxidation sites excluding steroid dienone is 2. The second kappa shape index (κ2) is 13.0. The first kappa shape index (κ1) is 37.0. The molecule has 0 amide bonds. The van der Waals surface area contributed by atoms with Crippen LogP contribution < -0.4 is 0 Å². The molecule has 1 aliphatic heterocycles. The highest BCUT2D eigenvalue weighted by atomic mass is 16.5. The monoisotopic (exact) mass is 681 g/mol. The van der Waals surface area contributed by atoms with Crippen LogP contribution in [0, 0.1) is 56.7 Å². The van der Waals surface area contributed by atoms with Gasteiger partial charge in [-0.3, -0.25) is 14.4 Å². The highest BCUT2D eigenvalue weighted by Gasteiger charge is 2.66. The molecule has 0 radical (unpaired) electrons. The van der Waals surface area contributed by atoms with Gasteiger partial charge in [-0.15, -0.1) is 0 Å². The van der Waals surface area contributed by atoms with Crippen molar-refractivity contribution >= 4 is 17.7 Å². The first-order valence-electron chi connectivity index (χ1n) is 20.0. The van der Waals surface area contributed by atoms with Crippen molar-refractivity contribution in [3.8, 4) is 0 Å². The predicted octanol–water partition coefficient (Wildman–Crippen LogP) is 8.02. The number of esters is 1. The minimum absolute atomic E-state index is 0.0551. The highest BCUT2D eigenvalue weighted by molar-refractivity contribution is 6.00. The number of fused-ring (bicyclic) bond motifs is 7. The maximum Gasteiger partial charge on any atom is 0.309 e. The Labute approximate surface area is 297 Å². The first-order chi connectivity index (χ1) is 22.9. The average Bonchev–Trinajstić information content (AvgIpc) is 3.15. The maximum atomic E-state index is 14.0. The van der Waals surface area contributed by atoms with E-state index in [-0.39, 0.29) is 46.1 Å². The molecule has 4 saturated carbocycles. The van der Waals surface area contributed by atoms with Gasteiger partial charge in [-0.05, 0) is 151 Å². The number of hydrogen-bond donors (Lipinski definition) is 1. The van der Waals surface area contributed by atoms with Crippen molar-refractivity contribution in [2.24, 2.45) is 56.7 Å². The van der Waals surface area contributed by atoms with Crippen LogP contribution in [-0.2, 0) is 19.1 Å². The average molecular weight is 681 g/mol. The van der Waals surface area contributed by atoms with Gasteiger partial charge in [0, 0.05) is 30.3 Å². The zero-order chi connectivity index (χ0) is 35.7. The van der Waals surface area contributed by atoms with E-state index >= 15 is 0 Å². The molecule has 5 fully saturated rings. The Hall–Kier alpha value is -1.73. The molecular formula is C42H68N2O5. The van der Waals surface area contributed by atoms with Gasteiger partial charge >= 0.3 is 11.9 Å². The Kier molecular flexibility index (Phi) is 9.86. The Morgan fingerprint density at radius 2 is 1.63 bits per heavy atom. The molecule has 0 aromatic carbocycles. The standard InChI is InChI=1S/C42H68N2O5/c1-27(2)35-30(45)25-42(19-22-44-21-10-20-43(9)23-24-44)18-13-29-28(36(35)42)11-12-32-40(29,7)16-14-31-39(5,6)33(15-17-41(31,32)8)49-34(46)26-38(3,4)37(47)48/h27-29,31-33H,10-26H2,1-9H3,(H,47,48). The lowest BCUT2D eigenvalue weighted by atomic mass is 9.36. The molecule has 7 nitrogen and oxygen atoms in total. The second-order valence-corrected chi connectivity index (χ2v) is 19.8. The number of aliphatic carboxylic acids is 1. The van der Waals surface area contributed by atoms with Crippen LogP contribution in [0.5, 0.6) is 0 Å². The number of rotatable bonds is 8. The summed E-state index contributed by atoms with van der Waals surface area (Å²) >= 11 is 0. The quantitative estimate of drug-likeness (QED) is 0.260. The SMILES string of the molecule is CC(C)C1=C2C3CCC4C(C)(CCC5C(C)(C)C(OC(=O)CC(C)(C)C(=O)O)CCC54C)C3CCC2(CCN2CCCN(C)CC2)CC1=O. The zero-order valence-electron chi connectivity index (χ0n) is 32.5. The van der Waals surface area contributed by atoms with Gasteiger partial charge in [0.15, 0.2) is 5.78 Å². The van der Waals surface area contributed by atoms with Crippen LogP contribution in [-0.4, -0.2) is 78.5 Å². The molecule has 6 rings (SSSR count). The minimum atomic E-state index is -1.13. The lowest BCUT2D eigenvalue weighted by Crippen LogP contribution is -2.63. The molecule has 5 aliphatic carbocycles. The van der Waals surface area contributed by atoms with E-state index in [1.807, 2.05) is 0 Å². The molecule has 0 aromatic heterocycles. The molecule has 6 aliphatic rings.